The van der Waals surface area contributed by atoms with E-state index in [9.17, 15) is 9.59 Å². The minimum Gasteiger partial charge on any atom is -0.493 e. The van der Waals surface area contributed by atoms with Crippen molar-refractivity contribution in [2.75, 3.05) is 32.2 Å². The molecule has 2 aromatic carbocycles. The van der Waals surface area contributed by atoms with Crippen molar-refractivity contribution in [2.24, 2.45) is 5.92 Å². The molecular formula is C21H24N2O4. The molecule has 0 aromatic heterocycles. The molecule has 2 amide bonds. The Balaban J connectivity index is 1.52. The molecule has 6 nitrogen and oxygen atoms in total. The molecule has 0 unspecified atom stereocenters. The van der Waals surface area contributed by atoms with Gasteiger partial charge in [-0.15, -0.1) is 0 Å². The third-order valence-corrected chi connectivity index (χ3v) is 4.72. The van der Waals surface area contributed by atoms with Gasteiger partial charge in [0.1, 0.15) is 0 Å². The zero-order valence-corrected chi connectivity index (χ0v) is 15.6. The number of para-hydroxylation sites is 1. The molecule has 0 spiro atoms. The maximum atomic E-state index is 12.4. The predicted molar refractivity (Wildman–Crippen MR) is 103 cm³/mol. The molecule has 1 N–H and O–H groups in total. The molecule has 1 fully saturated rings. The molecule has 0 radical (unpaired) electrons. The van der Waals surface area contributed by atoms with Crippen molar-refractivity contribution in [3.05, 3.63) is 54.1 Å². The SMILES string of the molecule is COc1ccc(CCNC(=O)[C@@H]2CC(=O)N(c3ccccc3)C2)cc1OC. The van der Waals surface area contributed by atoms with E-state index >= 15 is 0 Å². The predicted octanol–water partition coefficient (Wildman–Crippen LogP) is 2.42. The number of hydrogen-bond acceptors (Lipinski definition) is 4. The van der Waals surface area contributed by atoms with Gasteiger partial charge in [-0.2, -0.15) is 0 Å². The van der Waals surface area contributed by atoms with Gasteiger partial charge in [-0.25, -0.2) is 0 Å². The number of rotatable bonds is 7. The first-order valence-electron chi connectivity index (χ1n) is 8.96. The van der Waals surface area contributed by atoms with Crippen molar-refractivity contribution in [3.8, 4) is 11.5 Å². The van der Waals surface area contributed by atoms with Gasteiger partial charge in [-0.05, 0) is 36.2 Å². The van der Waals surface area contributed by atoms with Crippen LogP contribution in [0.2, 0.25) is 0 Å². The fourth-order valence-corrected chi connectivity index (χ4v) is 3.25. The zero-order chi connectivity index (χ0) is 19.2. The highest BCUT2D eigenvalue weighted by molar-refractivity contribution is 6.00. The summed E-state index contributed by atoms with van der Waals surface area (Å²) in [4.78, 5) is 26.4. The molecule has 0 bridgehead atoms. The van der Waals surface area contributed by atoms with E-state index in [4.69, 9.17) is 9.47 Å². The van der Waals surface area contributed by atoms with Crippen molar-refractivity contribution in [2.45, 2.75) is 12.8 Å². The molecule has 1 aliphatic heterocycles. The maximum absolute atomic E-state index is 12.4. The molecule has 1 aliphatic rings. The lowest BCUT2D eigenvalue weighted by Crippen LogP contribution is -2.34. The molecule has 0 aliphatic carbocycles. The second kappa shape index (κ2) is 8.58. The van der Waals surface area contributed by atoms with E-state index in [-0.39, 0.29) is 24.2 Å². The van der Waals surface area contributed by atoms with Crippen LogP contribution in [0, 0.1) is 5.92 Å². The standard InChI is InChI=1S/C21H24N2O4/c1-26-18-9-8-15(12-19(18)27-2)10-11-22-21(25)16-13-20(24)23(14-16)17-6-4-3-5-7-17/h3-9,12,16H,10-11,13-14H2,1-2H3,(H,22,25)/t16-/m1/s1. The van der Waals surface area contributed by atoms with Gasteiger partial charge >= 0.3 is 0 Å². The summed E-state index contributed by atoms with van der Waals surface area (Å²) in [6.07, 6.45) is 0.923. The molecule has 1 atom stereocenters. The van der Waals surface area contributed by atoms with Gasteiger partial charge in [0.15, 0.2) is 11.5 Å². The zero-order valence-electron chi connectivity index (χ0n) is 15.6. The number of nitrogens with zero attached hydrogens (tertiary/aromatic N) is 1. The minimum absolute atomic E-state index is 0.0127. The number of amides is 2. The molecule has 0 saturated carbocycles. The van der Waals surface area contributed by atoms with E-state index in [0.29, 0.717) is 31.0 Å². The van der Waals surface area contributed by atoms with Crippen LogP contribution >= 0.6 is 0 Å². The summed E-state index contributed by atoms with van der Waals surface area (Å²) >= 11 is 0. The number of nitrogens with one attached hydrogen (secondary N) is 1. The Bertz CT molecular complexity index is 807. The fraction of sp³-hybridized carbons (Fsp3) is 0.333. The van der Waals surface area contributed by atoms with Crippen LogP contribution in [0.4, 0.5) is 5.69 Å². The number of carbonyl (C=O) groups excluding carboxylic acids is 2. The first kappa shape index (κ1) is 18.8. The van der Waals surface area contributed by atoms with Gasteiger partial charge in [0, 0.05) is 25.2 Å². The highest BCUT2D eigenvalue weighted by Crippen LogP contribution is 2.28. The Hall–Kier alpha value is -3.02. The summed E-state index contributed by atoms with van der Waals surface area (Å²) in [5.74, 6) is 0.934. The number of ether oxygens (including phenoxy) is 2. The second-order valence-electron chi connectivity index (χ2n) is 6.47. The van der Waals surface area contributed by atoms with Gasteiger partial charge < -0.3 is 19.7 Å². The minimum atomic E-state index is -0.317. The Morgan fingerprint density at radius 1 is 1.11 bits per heavy atom. The van der Waals surface area contributed by atoms with Gasteiger partial charge in [-0.3, -0.25) is 9.59 Å². The van der Waals surface area contributed by atoms with Gasteiger partial charge in [0.05, 0.1) is 20.1 Å². The fourth-order valence-electron chi connectivity index (χ4n) is 3.25. The molecule has 27 heavy (non-hydrogen) atoms. The number of anilines is 1. The molecule has 142 valence electrons. The number of carbonyl (C=O) groups is 2. The Labute approximate surface area is 159 Å². The summed E-state index contributed by atoms with van der Waals surface area (Å²) in [6.45, 7) is 0.926. The highest BCUT2D eigenvalue weighted by atomic mass is 16.5. The van der Waals surface area contributed by atoms with E-state index in [0.717, 1.165) is 11.3 Å². The van der Waals surface area contributed by atoms with E-state index in [1.54, 1.807) is 19.1 Å². The lowest BCUT2D eigenvalue weighted by atomic mass is 10.1. The summed E-state index contributed by atoms with van der Waals surface area (Å²) in [6, 6.07) is 15.2. The third kappa shape index (κ3) is 4.39. The second-order valence-corrected chi connectivity index (χ2v) is 6.47. The average molecular weight is 368 g/mol. The van der Waals surface area contributed by atoms with Crippen LogP contribution in [0.1, 0.15) is 12.0 Å². The highest BCUT2D eigenvalue weighted by Gasteiger charge is 2.34. The van der Waals surface area contributed by atoms with Crippen LogP contribution in [0.25, 0.3) is 0 Å². The van der Waals surface area contributed by atoms with Crippen LogP contribution in [-0.4, -0.2) is 39.1 Å². The van der Waals surface area contributed by atoms with Gasteiger partial charge in [0.25, 0.3) is 0 Å². The lowest BCUT2D eigenvalue weighted by molar-refractivity contribution is -0.126. The molecule has 3 rings (SSSR count). The topological polar surface area (TPSA) is 67.9 Å². The van der Waals surface area contributed by atoms with Crippen molar-refractivity contribution in [1.82, 2.24) is 5.32 Å². The number of benzene rings is 2. The van der Waals surface area contributed by atoms with E-state index in [1.165, 1.54) is 0 Å². The number of methoxy groups -OCH3 is 2. The summed E-state index contributed by atoms with van der Waals surface area (Å²) in [5.41, 5.74) is 1.88. The summed E-state index contributed by atoms with van der Waals surface area (Å²) in [7, 11) is 3.19. The Morgan fingerprint density at radius 2 is 1.85 bits per heavy atom. The quantitative estimate of drug-likeness (QED) is 0.815. The monoisotopic (exact) mass is 368 g/mol. The first-order chi connectivity index (χ1) is 13.1. The largest absolute Gasteiger partial charge is 0.493 e. The van der Waals surface area contributed by atoms with Crippen LogP contribution in [0.3, 0.4) is 0 Å². The lowest BCUT2D eigenvalue weighted by Gasteiger charge is -2.16. The Morgan fingerprint density at radius 3 is 2.56 bits per heavy atom. The van der Waals surface area contributed by atoms with Gasteiger partial charge in [0.2, 0.25) is 11.8 Å². The van der Waals surface area contributed by atoms with Crippen LogP contribution in [-0.2, 0) is 16.0 Å². The van der Waals surface area contributed by atoms with Crippen molar-refractivity contribution >= 4 is 17.5 Å². The van der Waals surface area contributed by atoms with Gasteiger partial charge in [-0.1, -0.05) is 24.3 Å². The summed E-state index contributed by atoms with van der Waals surface area (Å²) in [5, 5.41) is 2.94. The molecule has 1 saturated heterocycles. The van der Waals surface area contributed by atoms with Crippen LogP contribution in [0.5, 0.6) is 11.5 Å². The third-order valence-electron chi connectivity index (χ3n) is 4.72. The molecule has 6 heteroatoms. The Kier molecular flexibility index (Phi) is 5.96. The molecule has 2 aromatic rings. The normalized spacial score (nSPS) is 16.3. The summed E-state index contributed by atoms with van der Waals surface area (Å²) < 4.78 is 10.5. The molecular weight excluding hydrogens is 344 g/mol. The average Bonchev–Trinajstić information content (AvgIpc) is 3.10. The van der Waals surface area contributed by atoms with E-state index in [2.05, 4.69) is 5.32 Å². The van der Waals surface area contributed by atoms with E-state index < -0.39 is 0 Å². The van der Waals surface area contributed by atoms with Crippen LogP contribution < -0.4 is 19.7 Å². The van der Waals surface area contributed by atoms with Crippen LogP contribution in [0.15, 0.2) is 48.5 Å². The van der Waals surface area contributed by atoms with Crippen molar-refractivity contribution in [1.29, 1.82) is 0 Å². The smallest absolute Gasteiger partial charge is 0.227 e. The maximum Gasteiger partial charge on any atom is 0.227 e. The van der Waals surface area contributed by atoms with Crippen molar-refractivity contribution < 1.29 is 19.1 Å². The van der Waals surface area contributed by atoms with Crippen molar-refractivity contribution in [3.63, 3.8) is 0 Å². The first-order valence-corrected chi connectivity index (χ1v) is 8.96. The van der Waals surface area contributed by atoms with E-state index in [1.807, 2.05) is 48.5 Å². The number of hydrogen-bond donors (Lipinski definition) is 1. The molecule has 1 heterocycles.